The van der Waals surface area contributed by atoms with Crippen LogP contribution in [0.15, 0.2) is 0 Å². The second-order valence-electron chi connectivity index (χ2n) is 1.02. The molecule has 0 aromatic rings. The third kappa shape index (κ3) is 7.52. The normalized spacial score (nSPS) is 8.57. The molecule has 3 nitrogen and oxygen atoms in total. The quantitative estimate of drug-likeness (QED) is 0.370. The van der Waals surface area contributed by atoms with Gasteiger partial charge < -0.3 is 15.3 Å². The first-order valence-corrected chi connectivity index (χ1v) is 1.71. The number of aliphatic hydroxyl groups is 3. The van der Waals surface area contributed by atoms with Crippen molar-refractivity contribution in [2.45, 2.75) is 6.10 Å². The first kappa shape index (κ1) is 11.3. The molecule has 7 heavy (non-hydrogen) atoms. The predicted octanol–water partition coefficient (Wildman–Crippen LogP) is -2.32. The fourth-order valence-corrected chi connectivity index (χ4v) is 0.0577. The fourth-order valence-electron chi connectivity index (χ4n) is 0.0577. The molecule has 0 unspecified atom stereocenters. The first-order chi connectivity index (χ1) is 2.81. The van der Waals surface area contributed by atoms with Crippen LogP contribution in [0.2, 0.25) is 0 Å². The van der Waals surface area contributed by atoms with Crippen molar-refractivity contribution in [2.75, 3.05) is 13.2 Å². The van der Waals surface area contributed by atoms with Crippen LogP contribution < -0.4 is 0 Å². The average Bonchev–Trinajstić information content (AvgIpc) is 1.65. The minimum absolute atomic E-state index is 0. The molecule has 0 atom stereocenters. The summed E-state index contributed by atoms with van der Waals surface area (Å²) in [6.07, 6.45) is -0.954. The van der Waals surface area contributed by atoms with Crippen LogP contribution in [0.5, 0.6) is 0 Å². The van der Waals surface area contributed by atoms with E-state index in [9.17, 15) is 0 Å². The SMILES string of the molecule is OCC(O)CO.[KH]. The number of hydrogen-bond donors (Lipinski definition) is 3. The summed E-state index contributed by atoms with van der Waals surface area (Å²) in [5, 5.41) is 24.0. The van der Waals surface area contributed by atoms with Crippen molar-refractivity contribution in [1.82, 2.24) is 0 Å². The Morgan fingerprint density at radius 2 is 1.43 bits per heavy atom. The van der Waals surface area contributed by atoms with Crippen LogP contribution in [0.4, 0.5) is 0 Å². The van der Waals surface area contributed by atoms with Gasteiger partial charge in [-0.05, 0) is 0 Å². The average molecular weight is 132 g/mol. The van der Waals surface area contributed by atoms with Gasteiger partial charge >= 0.3 is 51.4 Å². The molecule has 0 rings (SSSR count). The molecule has 0 bridgehead atoms. The molecule has 3 N–H and O–H groups in total. The molecule has 0 fully saturated rings. The van der Waals surface area contributed by atoms with Crippen LogP contribution >= 0.6 is 0 Å². The van der Waals surface area contributed by atoms with Crippen molar-refractivity contribution in [1.29, 1.82) is 0 Å². The Bertz CT molecular complexity index is 29.4. The number of aliphatic hydroxyl groups excluding tert-OH is 3. The van der Waals surface area contributed by atoms with Gasteiger partial charge in [-0.2, -0.15) is 0 Å². The number of rotatable bonds is 2. The maximum absolute atomic E-state index is 8.17. The molecule has 0 radical (unpaired) electrons. The Kier molecular flexibility index (Phi) is 12.2. The van der Waals surface area contributed by atoms with E-state index in [4.69, 9.17) is 15.3 Å². The summed E-state index contributed by atoms with van der Waals surface area (Å²) in [4.78, 5) is 0. The molecule has 0 spiro atoms. The molecule has 4 heteroatoms. The minimum atomic E-state index is -0.954. The van der Waals surface area contributed by atoms with Gasteiger partial charge in [0, 0.05) is 0 Å². The van der Waals surface area contributed by atoms with Crippen molar-refractivity contribution in [3.8, 4) is 0 Å². The first-order valence-electron chi connectivity index (χ1n) is 1.71. The summed E-state index contributed by atoms with van der Waals surface area (Å²) in [6.45, 7) is -0.729. The molecule has 0 aliphatic heterocycles. The van der Waals surface area contributed by atoms with E-state index in [1.54, 1.807) is 0 Å². The Morgan fingerprint density at radius 3 is 1.43 bits per heavy atom. The van der Waals surface area contributed by atoms with Gasteiger partial charge in [0.1, 0.15) is 6.10 Å². The monoisotopic (exact) mass is 132 g/mol. The van der Waals surface area contributed by atoms with Crippen LogP contribution in [0.25, 0.3) is 0 Å². The van der Waals surface area contributed by atoms with E-state index in [0.29, 0.717) is 0 Å². The van der Waals surface area contributed by atoms with E-state index in [-0.39, 0.29) is 64.6 Å². The van der Waals surface area contributed by atoms with Crippen molar-refractivity contribution in [2.24, 2.45) is 0 Å². The van der Waals surface area contributed by atoms with Gasteiger partial charge in [-0.3, -0.25) is 0 Å². The number of hydrogen-bond acceptors (Lipinski definition) is 3. The summed E-state index contributed by atoms with van der Waals surface area (Å²) >= 11 is 0. The fraction of sp³-hybridized carbons (Fsp3) is 1.00. The van der Waals surface area contributed by atoms with Crippen LogP contribution in [0, 0.1) is 0 Å². The van der Waals surface area contributed by atoms with Gasteiger partial charge in [0.25, 0.3) is 0 Å². The Balaban J connectivity index is 0. The zero-order valence-corrected chi connectivity index (χ0v) is 3.33. The van der Waals surface area contributed by atoms with Crippen LogP contribution in [-0.4, -0.2) is 86.0 Å². The molecule has 0 aliphatic rings. The molecule has 0 aromatic heterocycles. The zero-order valence-electron chi connectivity index (χ0n) is 3.33. The second-order valence-corrected chi connectivity index (χ2v) is 1.02. The van der Waals surface area contributed by atoms with Gasteiger partial charge in [-0.15, -0.1) is 0 Å². The van der Waals surface area contributed by atoms with Gasteiger partial charge in [0.15, 0.2) is 0 Å². The third-order valence-electron chi connectivity index (χ3n) is 0.421. The summed E-state index contributed by atoms with van der Waals surface area (Å²) in [5.74, 6) is 0. The second kappa shape index (κ2) is 7.52. The van der Waals surface area contributed by atoms with Crippen molar-refractivity contribution < 1.29 is 15.3 Å². The molecular formula is C3H9KO3. The van der Waals surface area contributed by atoms with Gasteiger partial charge in [0.05, 0.1) is 13.2 Å². The van der Waals surface area contributed by atoms with E-state index in [2.05, 4.69) is 0 Å². The van der Waals surface area contributed by atoms with Gasteiger partial charge in [-0.1, -0.05) is 0 Å². The van der Waals surface area contributed by atoms with E-state index in [1.807, 2.05) is 0 Å². The van der Waals surface area contributed by atoms with Gasteiger partial charge in [0.2, 0.25) is 0 Å². The molecule has 40 valence electrons. The van der Waals surface area contributed by atoms with E-state index in [1.165, 1.54) is 0 Å². The van der Waals surface area contributed by atoms with Crippen LogP contribution in [-0.2, 0) is 0 Å². The summed E-state index contributed by atoms with van der Waals surface area (Å²) in [7, 11) is 0. The predicted molar refractivity (Wildman–Crippen MR) is 27.3 cm³/mol. The Hall–Kier alpha value is 1.52. The van der Waals surface area contributed by atoms with Crippen LogP contribution in [0.1, 0.15) is 0 Å². The van der Waals surface area contributed by atoms with Crippen molar-refractivity contribution in [3.63, 3.8) is 0 Å². The van der Waals surface area contributed by atoms with Crippen molar-refractivity contribution >= 4 is 51.4 Å². The topological polar surface area (TPSA) is 60.7 Å². The van der Waals surface area contributed by atoms with E-state index < -0.39 is 6.10 Å². The zero-order chi connectivity index (χ0) is 4.99. The molecule has 0 saturated heterocycles. The molecule has 0 heterocycles. The van der Waals surface area contributed by atoms with E-state index >= 15 is 0 Å². The van der Waals surface area contributed by atoms with Crippen LogP contribution in [0.3, 0.4) is 0 Å². The summed E-state index contributed by atoms with van der Waals surface area (Å²) < 4.78 is 0. The molecule has 0 saturated carbocycles. The van der Waals surface area contributed by atoms with Gasteiger partial charge in [-0.25, -0.2) is 0 Å². The Labute approximate surface area is 84.8 Å². The van der Waals surface area contributed by atoms with E-state index in [0.717, 1.165) is 0 Å². The molecule has 0 aliphatic carbocycles. The molecule has 0 amide bonds. The molecule has 0 aromatic carbocycles. The standard InChI is InChI=1S/C3H8O3.K.H/c4-1-3(6)2-5;;/h3-6H,1-2H2;;. The summed E-state index contributed by atoms with van der Waals surface area (Å²) in [6, 6.07) is 0. The third-order valence-corrected chi connectivity index (χ3v) is 0.421. The van der Waals surface area contributed by atoms with Crippen molar-refractivity contribution in [3.05, 3.63) is 0 Å². The summed E-state index contributed by atoms with van der Waals surface area (Å²) in [5.41, 5.74) is 0. The Morgan fingerprint density at radius 1 is 1.14 bits per heavy atom. The molecular weight excluding hydrogens is 123 g/mol. The maximum atomic E-state index is 8.17.